The van der Waals surface area contributed by atoms with Gasteiger partial charge in [-0.3, -0.25) is 4.90 Å². The van der Waals surface area contributed by atoms with Crippen molar-refractivity contribution < 1.29 is 0 Å². The van der Waals surface area contributed by atoms with Crippen molar-refractivity contribution >= 4 is 0 Å². The highest BCUT2D eigenvalue weighted by molar-refractivity contribution is 4.97. The van der Waals surface area contributed by atoms with Crippen LogP contribution in [0.15, 0.2) is 0 Å². The molecule has 0 amide bonds. The Labute approximate surface area is 114 Å². The maximum Gasteiger partial charge on any atom is 0.0298 e. The molecule has 2 nitrogen and oxygen atoms in total. The quantitative estimate of drug-likeness (QED) is 0.751. The number of rotatable bonds is 7. The van der Waals surface area contributed by atoms with E-state index in [2.05, 4.69) is 46.4 Å². The molecule has 2 atom stereocenters. The Bertz CT molecular complexity index is 238. The van der Waals surface area contributed by atoms with Gasteiger partial charge in [0, 0.05) is 18.1 Å². The van der Waals surface area contributed by atoms with Gasteiger partial charge in [-0.1, -0.05) is 41.5 Å². The third kappa shape index (κ3) is 4.55. The van der Waals surface area contributed by atoms with Crippen LogP contribution in [0.3, 0.4) is 0 Å². The standard InChI is InChI=1S/C16H34N2/c1-7-14(17)15(16(4,5)6)18(13-8-9-13)11-10-12(2)3/h12-15H,7-11,17H2,1-6H3. The van der Waals surface area contributed by atoms with Crippen LogP contribution < -0.4 is 5.73 Å². The lowest BCUT2D eigenvalue weighted by atomic mass is 9.80. The minimum absolute atomic E-state index is 0.273. The fraction of sp³-hybridized carbons (Fsp3) is 1.00. The molecule has 0 aromatic rings. The van der Waals surface area contributed by atoms with Gasteiger partial charge in [-0.25, -0.2) is 0 Å². The van der Waals surface area contributed by atoms with Gasteiger partial charge in [0.15, 0.2) is 0 Å². The Hall–Kier alpha value is -0.0800. The maximum absolute atomic E-state index is 6.43. The molecule has 0 saturated heterocycles. The Kier molecular flexibility index (Phi) is 5.67. The van der Waals surface area contributed by atoms with E-state index in [0.717, 1.165) is 18.4 Å². The molecule has 1 aliphatic carbocycles. The molecule has 0 heterocycles. The van der Waals surface area contributed by atoms with E-state index in [0.29, 0.717) is 12.1 Å². The predicted octanol–water partition coefficient (Wildman–Crippen LogP) is 3.65. The van der Waals surface area contributed by atoms with Gasteiger partial charge in [0.25, 0.3) is 0 Å². The molecule has 0 aromatic heterocycles. The summed E-state index contributed by atoms with van der Waals surface area (Å²) in [7, 11) is 0. The van der Waals surface area contributed by atoms with E-state index in [1.807, 2.05) is 0 Å². The third-order valence-corrected chi connectivity index (χ3v) is 4.10. The second-order valence-electron chi connectivity index (χ2n) is 7.53. The van der Waals surface area contributed by atoms with E-state index in [1.54, 1.807) is 0 Å². The molecule has 108 valence electrons. The van der Waals surface area contributed by atoms with E-state index < -0.39 is 0 Å². The van der Waals surface area contributed by atoms with Crippen molar-refractivity contribution in [1.82, 2.24) is 4.90 Å². The minimum Gasteiger partial charge on any atom is -0.326 e. The van der Waals surface area contributed by atoms with Crippen LogP contribution >= 0.6 is 0 Å². The average molecular weight is 254 g/mol. The van der Waals surface area contributed by atoms with Crippen molar-refractivity contribution in [3.05, 3.63) is 0 Å². The molecule has 1 saturated carbocycles. The minimum atomic E-state index is 0.273. The van der Waals surface area contributed by atoms with Gasteiger partial charge in [-0.15, -0.1) is 0 Å². The summed E-state index contributed by atoms with van der Waals surface area (Å²) in [6, 6.07) is 1.64. The first-order chi connectivity index (χ1) is 8.27. The van der Waals surface area contributed by atoms with Crippen molar-refractivity contribution in [3.63, 3.8) is 0 Å². The third-order valence-electron chi connectivity index (χ3n) is 4.10. The summed E-state index contributed by atoms with van der Waals surface area (Å²) in [5, 5.41) is 0. The average Bonchev–Trinajstić information content (AvgIpc) is 3.04. The van der Waals surface area contributed by atoms with Gasteiger partial charge in [0.1, 0.15) is 0 Å². The van der Waals surface area contributed by atoms with Gasteiger partial charge >= 0.3 is 0 Å². The second-order valence-corrected chi connectivity index (χ2v) is 7.53. The lowest BCUT2D eigenvalue weighted by Gasteiger charge is -2.44. The van der Waals surface area contributed by atoms with Crippen molar-refractivity contribution in [3.8, 4) is 0 Å². The van der Waals surface area contributed by atoms with Crippen LogP contribution in [0.25, 0.3) is 0 Å². The second kappa shape index (κ2) is 6.38. The van der Waals surface area contributed by atoms with E-state index in [4.69, 9.17) is 5.73 Å². The van der Waals surface area contributed by atoms with Gasteiger partial charge in [0.2, 0.25) is 0 Å². The van der Waals surface area contributed by atoms with Crippen molar-refractivity contribution in [2.45, 2.75) is 85.4 Å². The Balaban J connectivity index is 2.77. The summed E-state index contributed by atoms with van der Waals surface area (Å²) in [6.45, 7) is 15.1. The van der Waals surface area contributed by atoms with E-state index >= 15 is 0 Å². The normalized spacial score (nSPS) is 20.5. The summed E-state index contributed by atoms with van der Waals surface area (Å²) in [5.41, 5.74) is 6.71. The first kappa shape index (κ1) is 16.0. The highest BCUT2D eigenvalue weighted by atomic mass is 15.2. The maximum atomic E-state index is 6.43. The Morgan fingerprint density at radius 3 is 2.11 bits per heavy atom. The predicted molar refractivity (Wildman–Crippen MR) is 80.7 cm³/mol. The van der Waals surface area contributed by atoms with Crippen LogP contribution in [0.4, 0.5) is 0 Å². The van der Waals surface area contributed by atoms with Crippen molar-refractivity contribution in [2.24, 2.45) is 17.1 Å². The molecule has 0 spiro atoms. The molecule has 1 rings (SSSR count). The lowest BCUT2D eigenvalue weighted by molar-refractivity contribution is 0.0648. The van der Waals surface area contributed by atoms with Crippen LogP contribution in [0, 0.1) is 11.3 Å². The lowest BCUT2D eigenvalue weighted by Crippen LogP contribution is -2.55. The van der Waals surface area contributed by atoms with Gasteiger partial charge in [-0.05, 0) is 43.6 Å². The van der Waals surface area contributed by atoms with E-state index in [9.17, 15) is 0 Å². The summed E-state index contributed by atoms with van der Waals surface area (Å²) >= 11 is 0. The number of hydrogen-bond donors (Lipinski definition) is 1. The van der Waals surface area contributed by atoms with Gasteiger partial charge in [-0.2, -0.15) is 0 Å². The topological polar surface area (TPSA) is 29.3 Å². The van der Waals surface area contributed by atoms with E-state index in [-0.39, 0.29) is 5.41 Å². The molecular formula is C16H34N2. The summed E-state index contributed by atoms with van der Waals surface area (Å²) in [6.07, 6.45) is 5.12. The van der Waals surface area contributed by atoms with Crippen LogP contribution in [-0.2, 0) is 0 Å². The molecule has 2 unspecified atom stereocenters. The Morgan fingerprint density at radius 2 is 1.78 bits per heavy atom. The molecule has 18 heavy (non-hydrogen) atoms. The van der Waals surface area contributed by atoms with Crippen LogP contribution in [-0.4, -0.2) is 29.6 Å². The van der Waals surface area contributed by atoms with Crippen molar-refractivity contribution in [2.75, 3.05) is 6.54 Å². The molecule has 2 heteroatoms. The fourth-order valence-corrected chi connectivity index (χ4v) is 2.97. The monoisotopic (exact) mass is 254 g/mol. The number of hydrogen-bond acceptors (Lipinski definition) is 2. The molecule has 0 aliphatic heterocycles. The molecule has 1 fully saturated rings. The van der Waals surface area contributed by atoms with Crippen LogP contribution in [0.2, 0.25) is 0 Å². The summed E-state index contributed by atoms with van der Waals surface area (Å²) in [4.78, 5) is 2.73. The largest absolute Gasteiger partial charge is 0.326 e. The van der Waals surface area contributed by atoms with Crippen molar-refractivity contribution in [1.29, 1.82) is 0 Å². The van der Waals surface area contributed by atoms with Crippen LogP contribution in [0.5, 0.6) is 0 Å². The molecule has 0 aromatic carbocycles. The highest BCUT2D eigenvalue weighted by Gasteiger charge is 2.41. The Morgan fingerprint density at radius 1 is 1.22 bits per heavy atom. The molecule has 0 bridgehead atoms. The zero-order valence-corrected chi connectivity index (χ0v) is 13.4. The SMILES string of the molecule is CCC(N)C(N(CCC(C)C)C1CC1)C(C)(C)C. The van der Waals surface area contributed by atoms with Gasteiger partial charge < -0.3 is 5.73 Å². The first-order valence-electron chi connectivity index (χ1n) is 7.78. The first-order valence-corrected chi connectivity index (χ1v) is 7.78. The summed E-state index contributed by atoms with van der Waals surface area (Å²) < 4.78 is 0. The fourth-order valence-electron chi connectivity index (χ4n) is 2.97. The molecule has 0 radical (unpaired) electrons. The molecular weight excluding hydrogens is 220 g/mol. The molecule has 2 N–H and O–H groups in total. The van der Waals surface area contributed by atoms with Gasteiger partial charge in [0.05, 0.1) is 0 Å². The van der Waals surface area contributed by atoms with Crippen LogP contribution in [0.1, 0.15) is 67.2 Å². The highest BCUT2D eigenvalue weighted by Crippen LogP contribution is 2.36. The number of nitrogens with two attached hydrogens (primary N) is 1. The zero-order valence-electron chi connectivity index (χ0n) is 13.4. The van der Waals surface area contributed by atoms with E-state index in [1.165, 1.54) is 25.8 Å². The zero-order chi connectivity index (χ0) is 13.9. The smallest absolute Gasteiger partial charge is 0.0298 e. The number of nitrogens with zero attached hydrogens (tertiary/aromatic N) is 1. The molecule has 1 aliphatic rings. The summed E-state index contributed by atoms with van der Waals surface area (Å²) in [5.74, 6) is 0.782.